The van der Waals surface area contributed by atoms with Gasteiger partial charge in [-0.05, 0) is 42.7 Å². The largest absolute Gasteiger partial charge is 0.349 e. The number of nitrogens with one attached hydrogen (secondary N) is 1. The number of benzene rings is 2. The van der Waals surface area contributed by atoms with Gasteiger partial charge in [-0.1, -0.05) is 35.9 Å². The number of sulfonamides is 1. The molecule has 1 fully saturated rings. The Balaban J connectivity index is 1.71. The molecule has 0 bridgehead atoms. The Morgan fingerprint density at radius 3 is 2.40 bits per heavy atom. The molecule has 1 aliphatic rings. The van der Waals surface area contributed by atoms with E-state index in [0.717, 1.165) is 18.4 Å². The maximum Gasteiger partial charge on any atom is 0.251 e. The first-order chi connectivity index (χ1) is 11.9. The molecule has 132 valence electrons. The van der Waals surface area contributed by atoms with E-state index in [1.54, 1.807) is 42.5 Å². The van der Waals surface area contributed by atoms with E-state index < -0.39 is 10.0 Å². The van der Waals surface area contributed by atoms with Gasteiger partial charge < -0.3 is 5.32 Å². The molecule has 1 aliphatic carbocycles. The minimum Gasteiger partial charge on any atom is -0.349 e. The third-order valence-electron chi connectivity index (χ3n) is 4.06. The summed E-state index contributed by atoms with van der Waals surface area (Å²) in [4.78, 5) is 12.1. The first-order valence-corrected chi connectivity index (χ1v) is 9.80. The molecule has 1 N–H and O–H groups in total. The van der Waals surface area contributed by atoms with Crippen LogP contribution in [0.1, 0.15) is 28.8 Å². The highest BCUT2D eigenvalue weighted by Gasteiger charge is 2.25. The van der Waals surface area contributed by atoms with Crippen LogP contribution in [0.25, 0.3) is 0 Å². The van der Waals surface area contributed by atoms with Crippen molar-refractivity contribution in [2.45, 2.75) is 30.3 Å². The number of nitrogens with zero attached hydrogens (tertiary/aromatic N) is 1. The van der Waals surface area contributed by atoms with E-state index in [-0.39, 0.29) is 22.4 Å². The fraction of sp³-hybridized carbons (Fsp3) is 0.278. The first kappa shape index (κ1) is 17.9. The minimum absolute atomic E-state index is 0.0830. The van der Waals surface area contributed by atoms with Crippen molar-refractivity contribution in [3.05, 3.63) is 64.7 Å². The van der Waals surface area contributed by atoms with Crippen molar-refractivity contribution in [1.29, 1.82) is 0 Å². The topological polar surface area (TPSA) is 66.5 Å². The smallest absolute Gasteiger partial charge is 0.251 e. The van der Waals surface area contributed by atoms with Crippen LogP contribution in [0, 0.1) is 0 Å². The summed E-state index contributed by atoms with van der Waals surface area (Å²) in [6, 6.07) is 13.6. The van der Waals surface area contributed by atoms with Gasteiger partial charge in [0.2, 0.25) is 10.0 Å². The second-order valence-corrected chi connectivity index (χ2v) is 8.56. The average molecular weight is 379 g/mol. The quantitative estimate of drug-likeness (QED) is 0.840. The summed E-state index contributed by atoms with van der Waals surface area (Å²) < 4.78 is 26.5. The Morgan fingerprint density at radius 2 is 1.80 bits per heavy atom. The van der Waals surface area contributed by atoms with Gasteiger partial charge in [0.05, 0.1) is 5.02 Å². The highest BCUT2D eigenvalue weighted by Crippen LogP contribution is 2.24. The highest BCUT2D eigenvalue weighted by atomic mass is 35.5. The van der Waals surface area contributed by atoms with Crippen LogP contribution in [-0.2, 0) is 16.6 Å². The summed E-state index contributed by atoms with van der Waals surface area (Å²) in [7, 11) is -2.17. The molecule has 7 heteroatoms. The molecule has 0 atom stereocenters. The molecule has 2 aromatic carbocycles. The third-order valence-corrected chi connectivity index (χ3v) is 6.36. The second kappa shape index (κ2) is 7.15. The zero-order chi connectivity index (χ0) is 18.0. The number of carbonyl (C=O) groups excluding carboxylic acids is 1. The molecule has 2 aromatic rings. The molecule has 0 aliphatic heterocycles. The number of rotatable bonds is 6. The van der Waals surface area contributed by atoms with Crippen LogP contribution >= 0.6 is 11.6 Å². The maximum absolute atomic E-state index is 12.6. The first-order valence-electron chi connectivity index (χ1n) is 7.98. The van der Waals surface area contributed by atoms with Crippen LogP contribution < -0.4 is 5.32 Å². The Kier molecular flexibility index (Phi) is 5.13. The molecule has 3 rings (SSSR count). The number of hydrogen-bond donors (Lipinski definition) is 1. The van der Waals surface area contributed by atoms with E-state index in [1.807, 2.05) is 0 Å². The summed E-state index contributed by atoms with van der Waals surface area (Å²) in [6.45, 7) is 0.193. The van der Waals surface area contributed by atoms with Gasteiger partial charge in [0.15, 0.2) is 0 Å². The number of hydrogen-bond acceptors (Lipinski definition) is 3. The van der Waals surface area contributed by atoms with Crippen LogP contribution in [0.15, 0.2) is 53.4 Å². The Morgan fingerprint density at radius 1 is 1.16 bits per heavy atom. The van der Waals surface area contributed by atoms with Gasteiger partial charge in [-0.3, -0.25) is 4.79 Å². The monoisotopic (exact) mass is 378 g/mol. The summed E-state index contributed by atoms with van der Waals surface area (Å²) in [5.74, 6) is -0.0916. The second-order valence-electron chi connectivity index (χ2n) is 6.14. The van der Waals surface area contributed by atoms with Gasteiger partial charge in [0.1, 0.15) is 4.90 Å². The molecule has 5 nitrogen and oxygen atoms in total. The highest BCUT2D eigenvalue weighted by molar-refractivity contribution is 7.89. The summed E-state index contributed by atoms with van der Waals surface area (Å²) in [6.07, 6.45) is 2.07. The number of halogens is 1. The van der Waals surface area contributed by atoms with Gasteiger partial charge in [0.25, 0.3) is 5.91 Å². The lowest BCUT2D eigenvalue weighted by atomic mass is 10.1. The van der Waals surface area contributed by atoms with Crippen LogP contribution in [0.4, 0.5) is 0 Å². The molecule has 1 saturated carbocycles. The summed E-state index contributed by atoms with van der Waals surface area (Å²) in [5.41, 5.74) is 1.37. The lowest BCUT2D eigenvalue weighted by molar-refractivity contribution is 0.0951. The molecular formula is C18H19ClN2O3S. The van der Waals surface area contributed by atoms with Gasteiger partial charge >= 0.3 is 0 Å². The average Bonchev–Trinajstić information content (AvgIpc) is 3.39. The zero-order valence-electron chi connectivity index (χ0n) is 13.8. The van der Waals surface area contributed by atoms with Crippen molar-refractivity contribution in [1.82, 2.24) is 9.62 Å². The standard InChI is InChI=1S/C18H19ClN2O3S/c1-21(25(23,24)17-5-3-2-4-16(17)19)12-13-6-8-14(9-7-13)18(22)20-15-10-11-15/h2-9,15H,10-12H2,1H3,(H,20,22). The van der Waals surface area contributed by atoms with Crippen LogP contribution in [0.3, 0.4) is 0 Å². The zero-order valence-corrected chi connectivity index (χ0v) is 15.3. The van der Waals surface area contributed by atoms with Crippen molar-refractivity contribution in [2.24, 2.45) is 0 Å². The fourth-order valence-corrected chi connectivity index (χ4v) is 4.07. The van der Waals surface area contributed by atoms with Crippen LogP contribution in [-0.4, -0.2) is 31.7 Å². The SMILES string of the molecule is CN(Cc1ccc(C(=O)NC2CC2)cc1)S(=O)(=O)c1ccccc1Cl. The van der Waals surface area contributed by atoms with E-state index in [2.05, 4.69) is 5.32 Å². The van der Waals surface area contributed by atoms with Gasteiger partial charge in [-0.25, -0.2) is 8.42 Å². The molecular weight excluding hydrogens is 360 g/mol. The van der Waals surface area contributed by atoms with Crippen LogP contribution in [0.5, 0.6) is 0 Å². The summed E-state index contributed by atoms with van der Waals surface area (Å²) >= 11 is 6.01. The van der Waals surface area contributed by atoms with E-state index in [4.69, 9.17) is 11.6 Å². The van der Waals surface area contributed by atoms with Crippen LogP contribution in [0.2, 0.25) is 5.02 Å². The minimum atomic E-state index is -3.68. The lowest BCUT2D eigenvalue weighted by Crippen LogP contribution is -2.27. The molecule has 25 heavy (non-hydrogen) atoms. The van der Waals surface area contributed by atoms with Crippen molar-refractivity contribution in [3.8, 4) is 0 Å². The maximum atomic E-state index is 12.6. The number of amides is 1. The Bertz CT molecular complexity index is 877. The van der Waals surface area contributed by atoms with E-state index >= 15 is 0 Å². The lowest BCUT2D eigenvalue weighted by Gasteiger charge is -2.18. The molecule has 0 unspecified atom stereocenters. The third kappa shape index (κ3) is 4.21. The van der Waals surface area contributed by atoms with Gasteiger partial charge in [0, 0.05) is 25.2 Å². The van der Waals surface area contributed by atoms with E-state index in [0.29, 0.717) is 11.6 Å². The molecule has 0 saturated heterocycles. The van der Waals surface area contributed by atoms with Crippen molar-refractivity contribution in [2.75, 3.05) is 7.05 Å². The molecule has 0 heterocycles. The van der Waals surface area contributed by atoms with E-state index in [1.165, 1.54) is 17.4 Å². The predicted octanol–water partition coefficient (Wildman–Crippen LogP) is 3.05. The summed E-state index contributed by atoms with van der Waals surface area (Å²) in [5, 5.41) is 3.12. The van der Waals surface area contributed by atoms with Gasteiger partial charge in [-0.2, -0.15) is 4.31 Å². The molecule has 0 radical (unpaired) electrons. The van der Waals surface area contributed by atoms with Crippen molar-refractivity contribution >= 4 is 27.5 Å². The molecule has 1 amide bonds. The Labute approximate surface area is 152 Å². The predicted molar refractivity (Wildman–Crippen MR) is 97.0 cm³/mol. The van der Waals surface area contributed by atoms with Crippen molar-refractivity contribution in [3.63, 3.8) is 0 Å². The fourth-order valence-electron chi connectivity index (χ4n) is 2.42. The molecule has 0 aromatic heterocycles. The molecule has 0 spiro atoms. The van der Waals surface area contributed by atoms with Crippen molar-refractivity contribution < 1.29 is 13.2 Å². The number of carbonyl (C=O) groups is 1. The Hall–Kier alpha value is -1.89. The van der Waals surface area contributed by atoms with E-state index in [9.17, 15) is 13.2 Å². The normalized spacial score (nSPS) is 14.5. The van der Waals surface area contributed by atoms with Gasteiger partial charge in [-0.15, -0.1) is 0 Å².